The fourth-order valence-corrected chi connectivity index (χ4v) is 1.76. The van der Waals surface area contributed by atoms with E-state index in [2.05, 4.69) is 19.5 Å². The first-order valence-electron chi connectivity index (χ1n) is 5.35. The molecule has 2 rings (SSSR count). The van der Waals surface area contributed by atoms with E-state index in [9.17, 15) is 9.36 Å². The number of nitrogens with one attached hydrogen (secondary N) is 1. The number of aromatic amines is 1. The van der Waals surface area contributed by atoms with Crippen LogP contribution in [0.3, 0.4) is 0 Å². The molecule has 0 bridgehead atoms. The zero-order valence-electron chi connectivity index (χ0n) is 12.1. The van der Waals surface area contributed by atoms with Crippen molar-refractivity contribution in [3.8, 4) is 0 Å². The maximum Gasteiger partial charge on any atom is 1.00 e. The predicted octanol–water partition coefficient (Wildman–Crippen LogP) is -4.10. The van der Waals surface area contributed by atoms with E-state index in [1.54, 1.807) is 0 Å². The number of phosphoric acid groups is 1. The Hall–Kier alpha value is -0.144. The van der Waals surface area contributed by atoms with Crippen LogP contribution in [0.2, 0.25) is 0 Å². The number of rotatable bonds is 6. The monoisotopic (exact) mass is 345 g/mol. The second-order valence-corrected chi connectivity index (χ2v) is 4.94. The van der Waals surface area contributed by atoms with Gasteiger partial charge in [0.1, 0.15) is 6.73 Å². The molecule has 112 valence electrons. The van der Waals surface area contributed by atoms with E-state index in [0.29, 0.717) is 0 Å². The van der Waals surface area contributed by atoms with Crippen LogP contribution in [0.25, 0.3) is 11.2 Å². The van der Waals surface area contributed by atoms with Crippen molar-refractivity contribution in [2.45, 2.75) is 6.73 Å². The number of nitrogens with two attached hydrogens (primary N) is 1. The molecule has 0 saturated heterocycles. The number of hydrogen-bond donors (Lipinski definition) is 4. The van der Waals surface area contributed by atoms with Gasteiger partial charge in [-0.25, -0.2) is 9.55 Å². The number of nitrogen functional groups attached to an aromatic ring is 1. The largest absolute Gasteiger partial charge is 1.00 e. The summed E-state index contributed by atoms with van der Waals surface area (Å²) < 4.78 is 21.2. The number of anilines is 1. The van der Waals surface area contributed by atoms with Gasteiger partial charge in [0.15, 0.2) is 11.2 Å². The minimum Gasteiger partial charge on any atom is -1.00 e. The average molecular weight is 345 g/mol. The molecule has 2 aromatic heterocycles. The van der Waals surface area contributed by atoms with Crippen LogP contribution >= 0.6 is 7.82 Å². The quantitative estimate of drug-likeness (QED) is 0.231. The molecule has 0 spiro atoms. The minimum atomic E-state index is -4.49. The van der Waals surface area contributed by atoms with Gasteiger partial charge in [0.05, 0.1) is 19.5 Å². The Morgan fingerprint density at radius 2 is 2.19 bits per heavy atom. The molecule has 13 heteroatoms. The topological polar surface area (TPSA) is 166 Å². The van der Waals surface area contributed by atoms with Gasteiger partial charge in [-0.1, -0.05) is 0 Å². The van der Waals surface area contributed by atoms with E-state index in [1.807, 2.05) is 0 Å². The molecule has 0 unspecified atom stereocenters. The molecule has 2 aromatic rings. The van der Waals surface area contributed by atoms with Crippen molar-refractivity contribution in [2.75, 3.05) is 18.9 Å². The molecule has 0 saturated carbocycles. The van der Waals surface area contributed by atoms with Crippen molar-refractivity contribution >= 4 is 24.9 Å². The van der Waals surface area contributed by atoms with Crippen LogP contribution in [0.5, 0.6) is 0 Å². The van der Waals surface area contributed by atoms with Gasteiger partial charge in [0.25, 0.3) is 5.56 Å². The van der Waals surface area contributed by atoms with E-state index < -0.39 is 13.4 Å². The van der Waals surface area contributed by atoms with Gasteiger partial charge in [-0.05, 0) is 0 Å². The van der Waals surface area contributed by atoms with Crippen LogP contribution in [0.4, 0.5) is 5.95 Å². The molecule has 0 aromatic carbocycles. The number of hydrogen-bond acceptors (Lipinski definition) is 7. The third-order valence-corrected chi connectivity index (χ3v) is 2.73. The van der Waals surface area contributed by atoms with Gasteiger partial charge < -0.3 is 21.7 Å². The third-order valence-electron chi connectivity index (χ3n) is 2.21. The molecule has 21 heavy (non-hydrogen) atoms. The fourth-order valence-electron chi connectivity index (χ4n) is 1.44. The summed E-state index contributed by atoms with van der Waals surface area (Å²) in [4.78, 5) is 38.5. The summed E-state index contributed by atoms with van der Waals surface area (Å²) in [6.07, 6.45) is 1.34. The molecule has 5 N–H and O–H groups in total. The Bertz CT molecular complexity index is 717. The number of H-pyrrole nitrogens is 1. The van der Waals surface area contributed by atoms with Gasteiger partial charge in [0, 0.05) is 0 Å². The molecule has 0 fully saturated rings. The average Bonchev–Trinajstić information content (AvgIpc) is 2.70. The number of phosphoric ester groups is 1. The smallest absolute Gasteiger partial charge is 1.00 e. The summed E-state index contributed by atoms with van der Waals surface area (Å²) in [5.74, 6) is -0.0471. The Labute approximate surface area is 162 Å². The molecule has 0 aliphatic heterocycles. The maximum absolute atomic E-state index is 11.5. The molecule has 0 aliphatic rings. The first kappa shape index (κ1) is 18.9. The first-order valence-corrected chi connectivity index (χ1v) is 6.88. The standard InChI is InChI=1S/C8H12N5O6P.K.H/c9-8-11-6-5(7(14)12-8)10-3-13(6)4-18-1-2-19-20(15,16)17;;/h3H,1-2,4H2,(H2,15,16,17)(H3,9,11,12,14);;/q;+1;-1. The normalized spacial score (nSPS) is 11.5. The molecular formula is C8H13KN5O6P. The predicted molar refractivity (Wildman–Crippen MR) is 67.6 cm³/mol. The Balaban J connectivity index is 0.00000220. The summed E-state index contributed by atoms with van der Waals surface area (Å²) in [6, 6.07) is 0. The molecule has 0 amide bonds. The van der Waals surface area contributed by atoms with Crippen molar-refractivity contribution < 1.29 is 76.4 Å². The van der Waals surface area contributed by atoms with Gasteiger partial charge in [-0.15, -0.1) is 0 Å². The van der Waals surface area contributed by atoms with Crippen LogP contribution < -0.4 is 62.7 Å². The van der Waals surface area contributed by atoms with Gasteiger partial charge in [-0.2, -0.15) is 4.98 Å². The number of ether oxygens (including phenoxy) is 1. The van der Waals surface area contributed by atoms with E-state index >= 15 is 0 Å². The van der Waals surface area contributed by atoms with Crippen LogP contribution in [-0.2, 0) is 20.6 Å². The van der Waals surface area contributed by atoms with Crippen molar-refractivity contribution in [3.63, 3.8) is 0 Å². The van der Waals surface area contributed by atoms with Gasteiger partial charge in [-0.3, -0.25) is 18.9 Å². The van der Waals surface area contributed by atoms with Crippen molar-refractivity contribution in [2.24, 2.45) is 0 Å². The summed E-state index contributed by atoms with van der Waals surface area (Å²) in [6.45, 7) is -0.340. The van der Waals surface area contributed by atoms with Gasteiger partial charge >= 0.3 is 59.2 Å². The van der Waals surface area contributed by atoms with E-state index in [-0.39, 0.29) is 89.9 Å². The Morgan fingerprint density at radius 3 is 2.86 bits per heavy atom. The summed E-state index contributed by atoms with van der Waals surface area (Å²) >= 11 is 0. The van der Waals surface area contributed by atoms with Crippen molar-refractivity contribution in [1.29, 1.82) is 0 Å². The number of imidazole rings is 1. The molecule has 0 radical (unpaired) electrons. The van der Waals surface area contributed by atoms with Crippen molar-refractivity contribution in [1.82, 2.24) is 19.5 Å². The summed E-state index contributed by atoms with van der Waals surface area (Å²) in [5, 5.41) is 0. The van der Waals surface area contributed by atoms with Crippen LogP contribution in [0.1, 0.15) is 1.43 Å². The van der Waals surface area contributed by atoms with Crippen LogP contribution in [0.15, 0.2) is 11.1 Å². The molecule has 11 nitrogen and oxygen atoms in total. The molecular weight excluding hydrogens is 332 g/mol. The molecule has 0 atom stereocenters. The summed E-state index contributed by atoms with van der Waals surface area (Å²) in [7, 11) is -4.49. The zero-order valence-corrected chi connectivity index (χ0v) is 15.1. The Morgan fingerprint density at radius 1 is 1.48 bits per heavy atom. The minimum absolute atomic E-state index is 0. The zero-order chi connectivity index (χ0) is 14.8. The second kappa shape index (κ2) is 7.92. The van der Waals surface area contributed by atoms with E-state index in [1.165, 1.54) is 10.9 Å². The summed E-state index contributed by atoms with van der Waals surface area (Å²) in [5.41, 5.74) is 5.33. The number of fused-ring (bicyclic) bond motifs is 1. The van der Waals surface area contributed by atoms with Crippen LogP contribution in [-0.4, -0.2) is 42.5 Å². The third kappa shape index (κ3) is 5.52. The maximum atomic E-state index is 11.5. The second-order valence-electron chi connectivity index (χ2n) is 3.70. The number of aromatic nitrogens is 4. The molecule has 0 aliphatic carbocycles. The first-order chi connectivity index (χ1) is 9.37. The molecule has 2 heterocycles. The SMILES string of the molecule is Nc1nc2c(ncn2COCCOP(=O)(O)O)c(=O)[nH]1.[H-].[K+]. The number of nitrogens with zero attached hydrogens (tertiary/aromatic N) is 3. The van der Waals surface area contributed by atoms with Gasteiger partial charge in [0.2, 0.25) is 5.95 Å². The van der Waals surface area contributed by atoms with E-state index in [0.717, 1.165) is 0 Å². The fraction of sp³-hybridized carbons (Fsp3) is 0.375. The van der Waals surface area contributed by atoms with Crippen LogP contribution in [0, 0.1) is 0 Å². The van der Waals surface area contributed by atoms with E-state index in [4.69, 9.17) is 20.3 Å². The van der Waals surface area contributed by atoms with Crippen molar-refractivity contribution in [3.05, 3.63) is 16.7 Å². The Kier molecular flexibility index (Phi) is 7.13.